The lowest BCUT2D eigenvalue weighted by atomic mass is 9.78. The summed E-state index contributed by atoms with van der Waals surface area (Å²) in [4.78, 5) is 51.1. The van der Waals surface area contributed by atoms with Crippen LogP contribution in [0.2, 0.25) is 0 Å². The Bertz CT molecular complexity index is 1140. The molecular formula is C26H29N5O3. The zero-order chi connectivity index (χ0) is 23.3. The topological polar surface area (TPSA) is 85.9 Å². The second-order valence-electron chi connectivity index (χ2n) is 9.67. The van der Waals surface area contributed by atoms with E-state index in [0.717, 1.165) is 30.6 Å². The molecule has 34 heavy (non-hydrogen) atoms. The summed E-state index contributed by atoms with van der Waals surface area (Å²) < 4.78 is 0. The molecule has 8 heteroatoms. The monoisotopic (exact) mass is 459 g/mol. The molecule has 4 aliphatic rings. The van der Waals surface area contributed by atoms with Gasteiger partial charge in [-0.15, -0.1) is 0 Å². The molecule has 0 radical (unpaired) electrons. The van der Waals surface area contributed by atoms with Crippen molar-refractivity contribution in [2.24, 2.45) is 5.92 Å². The van der Waals surface area contributed by atoms with Crippen molar-refractivity contribution in [3.63, 3.8) is 0 Å². The summed E-state index contributed by atoms with van der Waals surface area (Å²) in [7, 11) is 0. The van der Waals surface area contributed by atoms with E-state index in [-0.39, 0.29) is 23.8 Å². The van der Waals surface area contributed by atoms with Gasteiger partial charge in [0.1, 0.15) is 11.2 Å². The van der Waals surface area contributed by atoms with Crippen LogP contribution in [0.25, 0.3) is 0 Å². The number of nitrogens with zero attached hydrogens (tertiary/aromatic N) is 4. The SMILES string of the molecule is O=C1NCCCN(C(=O)c2ccccn2)CCN2C(=O)[C@@]3(c4ccccc42)[C@@H]1C[C@@H]1CCCN13. The number of anilines is 1. The summed E-state index contributed by atoms with van der Waals surface area (Å²) >= 11 is 0. The van der Waals surface area contributed by atoms with Gasteiger partial charge in [-0.25, -0.2) is 0 Å². The first-order valence-electron chi connectivity index (χ1n) is 12.3. The molecule has 3 saturated heterocycles. The number of rotatable bonds is 1. The molecule has 1 spiro atoms. The maximum atomic E-state index is 14.3. The van der Waals surface area contributed by atoms with Crippen LogP contribution in [-0.4, -0.2) is 71.3 Å². The van der Waals surface area contributed by atoms with Gasteiger partial charge >= 0.3 is 0 Å². The average molecular weight is 460 g/mol. The lowest BCUT2D eigenvalue weighted by Gasteiger charge is -2.37. The van der Waals surface area contributed by atoms with Gasteiger partial charge in [0.2, 0.25) is 5.91 Å². The minimum absolute atomic E-state index is 0.0240. The van der Waals surface area contributed by atoms with E-state index in [2.05, 4.69) is 15.2 Å². The molecule has 5 heterocycles. The van der Waals surface area contributed by atoms with E-state index in [0.29, 0.717) is 44.7 Å². The van der Waals surface area contributed by atoms with Gasteiger partial charge in [0.25, 0.3) is 11.8 Å². The second kappa shape index (κ2) is 8.20. The van der Waals surface area contributed by atoms with Crippen molar-refractivity contribution in [2.75, 3.05) is 37.6 Å². The van der Waals surface area contributed by atoms with Gasteiger partial charge in [-0.05, 0) is 50.4 Å². The number of nitrogens with one attached hydrogen (secondary N) is 1. The third-order valence-corrected chi connectivity index (χ3v) is 8.00. The Morgan fingerprint density at radius 2 is 1.85 bits per heavy atom. The molecule has 4 aliphatic heterocycles. The van der Waals surface area contributed by atoms with Crippen LogP contribution in [0.4, 0.5) is 5.69 Å². The number of fused-ring (bicyclic) bond motifs is 4. The van der Waals surface area contributed by atoms with Crippen molar-refractivity contribution in [1.82, 2.24) is 20.1 Å². The molecule has 1 aromatic carbocycles. The number of hydrogen-bond donors (Lipinski definition) is 1. The highest BCUT2D eigenvalue weighted by Gasteiger charge is 2.67. The Morgan fingerprint density at radius 3 is 2.71 bits per heavy atom. The number of aromatic nitrogens is 1. The molecule has 176 valence electrons. The van der Waals surface area contributed by atoms with Gasteiger partial charge in [0.05, 0.1) is 5.92 Å². The molecule has 8 nitrogen and oxygen atoms in total. The normalized spacial score (nSPS) is 29.1. The van der Waals surface area contributed by atoms with Crippen LogP contribution < -0.4 is 10.2 Å². The number of hydrogen-bond acceptors (Lipinski definition) is 5. The van der Waals surface area contributed by atoms with Crippen LogP contribution in [0.15, 0.2) is 48.7 Å². The molecule has 0 unspecified atom stereocenters. The van der Waals surface area contributed by atoms with E-state index in [1.807, 2.05) is 29.2 Å². The van der Waals surface area contributed by atoms with Gasteiger partial charge in [-0.1, -0.05) is 24.3 Å². The van der Waals surface area contributed by atoms with Gasteiger partial charge in [-0.3, -0.25) is 24.3 Å². The van der Waals surface area contributed by atoms with Crippen LogP contribution in [0, 0.1) is 5.92 Å². The first kappa shape index (κ1) is 21.3. The van der Waals surface area contributed by atoms with Gasteiger partial charge in [0, 0.05) is 49.7 Å². The maximum absolute atomic E-state index is 14.3. The summed E-state index contributed by atoms with van der Waals surface area (Å²) in [6.07, 6.45) is 5.04. The molecule has 3 fully saturated rings. The van der Waals surface area contributed by atoms with E-state index in [1.54, 1.807) is 29.3 Å². The zero-order valence-electron chi connectivity index (χ0n) is 19.2. The Balaban J connectivity index is 1.40. The number of pyridine rings is 1. The van der Waals surface area contributed by atoms with Crippen LogP contribution in [0.5, 0.6) is 0 Å². The number of amides is 3. The van der Waals surface area contributed by atoms with Crippen molar-refractivity contribution in [3.8, 4) is 0 Å². The fraction of sp³-hybridized carbons (Fsp3) is 0.462. The van der Waals surface area contributed by atoms with E-state index < -0.39 is 11.5 Å². The fourth-order valence-corrected chi connectivity index (χ4v) is 6.57. The summed E-state index contributed by atoms with van der Waals surface area (Å²) in [5.74, 6) is -0.634. The highest BCUT2D eigenvalue weighted by atomic mass is 16.2. The van der Waals surface area contributed by atoms with Crippen molar-refractivity contribution in [2.45, 2.75) is 37.3 Å². The Kier molecular flexibility index (Phi) is 5.13. The lowest BCUT2D eigenvalue weighted by Crippen LogP contribution is -2.57. The van der Waals surface area contributed by atoms with Crippen molar-refractivity contribution < 1.29 is 14.4 Å². The molecule has 2 aromatic rings. The minimum atomic E-state index is -0.948. The van der Waals surface area contributed by atoms with Crippen LogP contribution in [-0.2, 0) is 15.1 Å². The van der Waals surface area contributed by atoms with Crippen LogP contribution in [0.3, 0.4) is 0 Å². The molecule has 2 bridgehead atoms. The number of para-hydroxylation sites is 1. The number of benzene rings is 1. The van der Waals surface area contributed by atoms with Crippen molar-refractivity contribution in [3.05, 3.63) is 59.9 Å². The molecule has 3 amide bonds. The average Bonchev–Trinajstić information content (AvgIpc) is 3.52. The maximum Gasteiger partial charge on any atom is 0.272 e. The van der Waals surface area contributed by atoms with Crippen molar-refractivity contribution in [1.29, 1.82) is 0 Å². The highest BCUT2D eigenvalue weighted by molar-refractivity contribution is 6.11. The molecule has 6 rings (SSSR count). The molecule has 0 saturated carbocycles. The first-order valence-corrected chi connectivity index (χ1v) is 12.3. The first-order chi connectivity index (χ1) is 16.6. The Hall–Kier alpha value is -3.26. The summed E-state index contributed by atoms with van der Waals surface area (Å²) in [5, 5.41) is 3.10. The van der Waals surface area contributed by atoms with Crippen molar-refractivity contribution >= 4 is 23.4 Å². The van der Waals surface area contributed by atoms with E-state index in [9.17, 15) is 14.4 Å². The zero-order valence-corrected chi connectivity index (χ0v) is 19.2. The van der Waals surface area contributed by atoms with Gasteiger partial charge in [-0.2, -0.15) is 0 Å². The Morgan fingerprint density at radius 1 is 1.00 bits per heavy atom. The van der Waals surface area contributed by atoms with E-state index in [4.69, 9.17) is 0 Å². The van der Waals surface area contributed by atoms with E-state index >= 15 is 0 Å². The minimum Gasteiger partial charge on any atom is -0.356 e. The van der Waals surface area contributed by atoms with Gasteiger partial charge in [0.15, 0.2) is 0 Å². The molecule has 0 aliphatic carbocycles. The summed E-state index contributed by atoms with van der Waals surface area (Å²) in [6, 6.07) is 13.4. The molecule has 3 atom stereocenters. The number of carbonyl (C=O) groups excluding carboxylic acids is 3. The molecule has 1 N–H and O–H groups in total. The Labute approximate surface area is 198 Å². The molecule has 1 aromatic heterocycles. The quantitative estimate of drug-likeness (QED) is 0.703. The van der Waals surface area contributed by atoms with Crippen LogP contribution in [0.1, 0.15) is 41.7 Å². The summed E-state index contributed by atoms with van der Waals surface area (Å²) in [5.41, 5.74) is 1.24. The largest absolute Gasteiger partial charge is 0.356 e. The predicted molar refractivity (Wildman–Crippen MR) is 126 cm³/mol. The number of carbonyl (C=O) groups is 3. The predicted octanol–water partition coefficient (Wildman–Crippen LogP) is 1.77. The van der Waals surface area contributed by atoms with E-state index in [1.165, 1.54) is 0 Å². The third-order valence-electron chi connectivity index (χ3n) is 8.00. The standard InChI is InChI=1S/C26H29N5O3/c32-23-20-17-18-7-5-14-31(18)26(20)19-8-1-2-10-22(19)30(25(26)34)16-15-29(13-6-12-28-23)24(33)21-9-3-4-11-27-21/h1-4,8-11,18,20H,5-7,12-17H2,(H,28,32)/t18-,20+,26+/m0/s1. The third kappa shape index (κ3) is 3.01. The van der Waals surface area contributed by atoms with Crippen LogP contribution >= 0.6 is 0 Å². The smallest absolute Gasteiger partial charge is 0.272 e. The second-order valence-corrected chi connectivity index (χ2v) is 9.67. The fourth-order valence-electron chi connectivity index (χ4n) is 6.57. The highest BCUT2D eigenvalue weighted by Crippen LogP contribution is 2.56. The van der Waals surface area contributed by atoms with Gasteiger partial charge < -0.3 is 15.1 Å². The lowest BCUT2D eigenvalue weighted by molar-refractivity contribution is -0.139. The summed E-state index contributed by atoms with van der Waals surface area (Å²) in [6.45, 7) is 2.59. The molecular weight excluding hydrogens is 430 g/mol.